The van der Waals surface area contributed by atoms with Gasteiger partial charge in [0.1, 0.15) is 0 Å². The van der Waals surface area contributed by atoms with Crippen LogP contribution in [0.1, 0.15) is 56.2 Å². The molecule has 6 heteroatoms. The maximum Gasteiger partial charge on any atom is 1.00 e. The fraction of sp³-hybridized carbons (Fsp3) is 0.833. The van der Waals surface area contributed by atoms with Crippen LogP contribution in [0.4, 0.5) is 0 Å². The van der Waals surface area contributed by atoms with Gasteiger partial charge < -0.3 is 13.1 Å². The molecule has 4 nitrogen and oxygen atoms in total. The Labute approximate surface area is 146 Å². The van der Waals surface area contributed by atoms with E-state index >= 15 is 0 Å². The topological polar surface area (TPSA) is 74.6 Å². The Morgan fingerprint density at radius 3 is 1.67 bits per heavy atom. The van der Waals surface area contributed by atoms with Crippen molar-refractivity contribution in [2.75, 3.05) is 0 Å². The van der Waals surface area contributed by atoms with Crippen molar-refractivity contribution < 1.29 is 71.1 Å². The fourth-order valence-corrected chi connectivity index (χ4v) is 1.96. The van der Waals surface area contributed by atoms with Crippen LogP contribution in [0.15, 0.2) is 0 Å². The quantitative estimate of drug-likeness (QED) is 0.304. The van der Waals surface area contributed by atoms with Crippen LogP contribution in [0, 0.1) is 10.8 Å². The first kappa shape index (κ1) is 23.6. The number of hydrogen-bond acceptors (Lipinski definition) is 2. The third-order valence-corrected chi connectivity index (χ3v) is 3.17. The summed E-state index contributed by atoms with van der Waals surface area (Å²) in [5.41, 5.74) is -2.47. The van der Waals surface area contributed by atoms with Gasteiger partial charge in [0.25, 0.3) is 0 Å². The first-order valence-electron chi connectivity index (χ1n) is 5.67. The van der Waals surface area contributed by atoms with E-state index in [-0.39, 0.29) is 57.7 Å². The molecule has 0 spiro atoms. The molecule has 0 rings (SSSR count). The maximum atomic E-state index is 11.3. The number of aliphatic carboxylic acids is 2. The second-order valence-corrected chi connectivity index (χ2v) is 5.22. The molecule has 0 aromatic heterocycles. The molecule has 0 radical (unpaired) electrons. The average molecular weight is 262 g/mol. The van der Waals surface area contributed by atoms with Crippen LogP contribution in [0.5, 0.6) is 0 Å². The Hall–Kier alpha value is 0.537. The summed E-state index contributed by atoms with van der Waals surface area (Å²) < 4.78 is 0. The number of carbonyl (C=O) groups is 2. The minimum Gasteiger partial charge on any atom is -1.00 e. The molecule has 0 atom stereocenters. The number of hydrogen-bond donors (Lipinski definition) is 2. The minimum atomic E-state index is -1.68. The van der Waals surface area contributed by atoms with Gasteiger partial charge in [0.2, 0.25) is 0 Å². The molecule has 0 saturated heterocycles. The SMILES string of the molecule is CCCCCC(C(=O)O)(C(=O)O)C(C)(C)C.[H-].[H-].[Li+].[Na+]. The van der Waals surface area contributed by atoms with E-state index in [0.29, 0.717) is 6.42 Å². The number of rotatable bonds is 6. The normalized spacial score (nSPS) is 11.1. The van der Waals surface area contributed by atoms with E-state index in [1.807, 2.05) is 6.92 Å². The van der Waals surface area contributed by atoms with Crippen molar-refractivity contribution in [3.63, 3.8) is 0 Å². The van der Waals surface area contributed by atoms with Gasteiger partial charge in [-0.2, -0.15) is 0 Å². The van der Waals surface area contributed by atoms with Crippen LogP contribution in [0.2, 0.25) is 0 Å². The van der Waals surface area contributed by atoms with Gasteiger partial charge in [-0.15, -0.1) is 0 Å². The largest absolute Gasteiger partial charge is 1.00 e. The van der Waals surface area contributed by atoms with Crippen molar-refractivity contribution >= 4 is 11.9 Å². The average Bonchev–Trinajstić information content (AvgIpc) is 2.08. The Bertz CT molecular complexity index is 269. The van der Waals surface area contributed by atoms with Crippen LogP contribution < -0.4 is 48.4 Å². The molecule has 0 unspecified atom stereocenters. The van der Waals surface area contributed by atoms with Gasteiger partial charge in [-0.05, 0) is 11.8 Å². The standard InChI is InChI=1S/C12H22O4.Li.Na.2H/c1-5-6-7-8-12(9(13)14,10(15)16)11(2,3)4;;;;/h5-8H2,1-4H3,(H,13,14)(H,15,16);;;;/q;2*+1;2*-1. The molecule has 18 heavy (non-hydrogen) atoms. The van der Waals surface area contributed by atoms with E-state index in [1.54, 1.807) is 20.8 Å². The summed E-state index contributed by atoms with van der Waals surface area (Å²) in [5.74, 6) is -2.47. The van der Waals surface area contributed by atoms with Crippen molar-refractivity contribution in [2.45, 2.75) is 53.4 Å². The van der Waals surface area contributed by atoms with Crippen LogP contribution >= 0.6 is 0 Å². The predicted octanol–water partition coefficient (Wildman–Crippen LogP) is -3.00. The maximum absolute atomic E-state index is 11.3. The van der Waals surface area contributed by atoms with Crippen molar-refractivity contribution in [1.82, 2.24) is 0 Å². The summed E-state index contributed by atoms with van der Waals surface area (Å²) >= 11 is 0. The van der Waals surface area contributed by atoms with E-state index in [4.69, 9.17) is 0 Å². The van der Waals surface area contributed by atoms with Crippen molar-refractivity contribution in [1.29, 1.82) is 0 Å². The van der Waals surface area contributed by atoms with E-state index in [2.05, 4.69) is 0 Å². The molecule has 0 heterocycles. The van der Waals surface area contributed by atoms with Gasteiger partial charge in [0, 0.05) is 0 Å². The van der Waals surface area contributed by atoms with Crippen LogP contribution in [-0.4, -0.2) is 22.2 Å². The van der Waals surface area contributed by atoms with Gasteiger partial charge in [-0.3, -0.25) is 9.59 Å². The smallest absolute Gasteiger partial charge is 1.00 e. The van der Waals surface area contributed by atoms with Gasteiger partial charge >= 0.3 is 60.4 Å². The third kappa shape index (κ3) is 5.26. The molecule has 0 amide bonds. The Morgan fingerprint density at radius 1 is 1.06 bits per heavy atom. The van der Waals surface area contributed by atoms with Crippen LogP contribution in [-0.2, 0) is 9.59 Å². The summed E-state index contributed by atoms with van der Waals surface area (Å²) in [7, 11) is 0. The molecule has 0 bridgehead atoms. The van der Waals surface area contributed by atoms with E-state index in [0.717, 1.165) is 12.8 Å². The second-order valence-electron chi connectivity index (χ2n) is 5.22. The zero-order valence-electron chi connectivity index (χ0n) is 14.5. The summed E-state index contributed by atoms with van der Waals surface area (Å²) in [6.07, 6.45) is 2.62. The first-order valence-corrected chi connectivity index (χ1v) is 5.67. The molecule has 0 aromatic carbocycles. The zero-order chi connectivity index (χ0) is 13.0. The molecular weight excluding hydrogens is 238 g/mol. The molecule has 0 aromatic rings. The van der Waals surface area contributed by atoms with Gasteiger partial charge in [0.15, 0.2) is 5.41 Å². The minimum absolute atomic E-state index is 0. The van der Waals surface area contributed by atoms with E-state index in [1.165, 1.54) is 0 Å². The van der Waals surface area contributed by atoms with Crippen molar-refractivity contribution in [3.8, 4) is 0 Å². The Balaban J connectivity index is -0.000000187. The summed E-state index contributed by atoms with van der Waals surface area (Å²) in [4.78, 5) is 22.6. The van der Waals surface area contributed by atoms with Crippen molar-refractivity contribution in [3.05, 3.63) is 0 Å². The molecule has 2 N–H and O–H groups in total. The molecule has 0 aliphatic rings. The fourth-order valence-electron chi connectivity index (χ4n) is 1.96. The zero-order valence-corrected chi connectivity index (χ0v) is 14.5. The number of carboxylic acid groups (broad SMARTS) is 2. The molecular formula is C12H24LiNaO4. The van der Waals surface area contributed by atoms with Crippen LogP contribution in [0.3, 0.4) is 0 Å². The van der Waals surface area contributed by atoms with Crippen LogP contribution in [0.25, 0.3) is 0 Å². The Kier molecular flexibility index (Phi) is 12.4. The molecule has 0 fully saturated rings. The first-order chi connectivity index (χ1) is 7.20. The Morgan fingerprint density at radius 2 is 1.44 bits per heavy atom. The molecule has 0 aliphatic carbocycles. The van der Waals surface area contributed by atoms with E-state index in [9.17, 15) is 19.8 Å². The van der Waals surface area contributed by atoms with E-state index < -0.39 is 22.8 Å². The van der Waals surface area contributed by atoms with Gasteiger partial charge in [0.05, 0.1) is 0 Å². The monoisotopic (exact) mass is 262 g/mol. The predicted molar refractivity (Wildman–Crippen MR) is 63.5 cm³/mol. The van der Waals surface area contributed by atoms with Gasteiger partial charge in [-0.25, -0.2) is 0 Å². The van der Waals surface area contributed by atoms with Crippen molar-refractivity contribution in [2.24, 2.45) is 10.8 Å². The second kappa shape index (κ2) is 9.44. The summed E-state index contributed by atoms with van der Waals surface area (Å²) in [5, 5.41) is 18.5. The molecule has 0 saturated carbocycles. The van der Waals surface area contributed by atoms with Gasteiger partial charge in [-0.1, -0.05) is 47.0 Å². The summed E-state index contributed by atoms with van der Waals surface area (Å²) in [6.45, 7) is 7.00. The summed E-state index contributed by atoms with van der Waals surface area (Å²) in [6, 6.07) is 0. The molecule has 98 valence electrons. The number of unbranched alkanes of at least 4 members (excludes halogenated alkanes) is 2. The number of carboxylic acids is 2. The molecule has 0 aliphatic heterocycles. The third-order valence-electron chi connectivity index (χ3n) is 3.17.